The van der Waals surface area contributed by atoms with Crippen LogP contribution < -0.4 is 0 Å². The molecule has 0 amide bonds. The zero-order valence-electron chi connectivity index (χ0n) is 9.96. The Bertz CT molecular complexity index is 186. The van der Waals surface area contributed by atoms with Crippen molar-refractivity contribution in [2.45, 2.75) is 38.4 Å². The van der Waals surface area contributed by atoms with E-state index in [-0.39, 0.29) is 13.2 Å². The van der Waals surface area contributed by atoms with Crippen LogP contribution in [0.25, 0.3) is 0 Å². The van der Waals surface area contributed by atoms with Crippen molar-refractivity contribution >= 4 is 35.1 Å². The maximum Gasteiger partial charge on any atom is 0.302 e. The molecule has 0 spiro atoms. The molecule has 0 unspecified atom stereocenters. The van der Waals surface area contributed by atoms with Crippen molar-refractivity contribution in [2.24, 2.45) is 0 Å². The first-order valence-corrected chi connectivity index (χ1v) is 5.67. The van der Waals surface area contributed by atoms with E-state index < -0.39 is 17.3 Å². The van der Waals surface area contributed by atoms with E-state index in [0.29, 0.717) is 5.38 Å². The van der Waals surface area contributed by atoms with Crippen LogP contribution in [-0.4, -0.2) is 35.9 Å². The fourth-order valence-electron chi connectivity index (χ4n) is 0.464. The Morgan fingerprint density at radius 2 is 1.25 bits per heavy atom. The number of hydrogen-bond donors (Lipinski definition) is 0. The van der Waals surface area contributed by atoms with Gasteiger partial charge in [-0.25, -0.2) is 0 Å². The molecule has 0 aliphatic carbocycles. The van der Waals surface area contributed by atoms with E-state index in [0.717, 1.165) is 0 Å². The quantitative estimate of drug-likeness (QED) is 0.582. The minimum absolute atomic E-state index is 0.0597. The van der Waals surface area contributed by atoms with E-state index in [9.17, 15) is 9.59 Å². The van der Waals surface area contributed by atoms with Gasteiger partial charge in [-0.1, -0.05) is 0 Å². The minimum Gasteiger partial charge on any atom is -0.464 e. The number of carbonyl (C=O) groups excluding carboxylic acids is 2. The first kappa shape index (κ1) is 17.9. The van der Waals surface area contributed by atoms with Gasteiger partial charge in [0, 0.05) is 19.2 Å². The Balaban J connectivity index is 0. The van der Waals surface area contributed by atoms with Gasteiger partial charge in [0.05, 0.1) is 0 Å². The van der Waals surface area contributed by atoms with Gasteiger partial charge in [0.15, 0.2) is 0 Å². The van der Waals surface area contributed by atoms with Crippen LogP contribution in [0.15, 0.2) is 0 Å². The van der Waals surface area contributed by atoms with Crippen molar-refractivity contribution in [2.75, 3.05) is 13.2 Å². The molecule has 0 aliphatic heterocycles. The fourth-order valence-corrected chi connectivity index (χ4v) is 0.590. The Hall–Kier alpha value is -0.480. The second-order valence-electron chi connectivity index (χ2n) is 3.22. The average Bonchev–Trinajstić information content (AvgIpc) is 2.10. The Morgan fingerprint density at radius 3 is 1.44 bits per heavy atom. The van der Waals surface area contributed by atoms with Crippen molar-refractivity contribution in [1.82, 2.24) is 0 Å². The molecule has 0 atom stereocenters. The molecule has 0 heterocycles. The smallest absolute Gasteiger partial charge is 0.302 e. The topological polar surface area (TPSA) is 52.6 Å². The van der Waals surface area contributed by atoms with E-state index >= 15 is 0 Å². The van der Waals surface area contributed by atoms with Crippen LogP contribution >= 0.6 is 23.2 Å². The van der Waals surface area contributed by atoms with E-state index in [1.165, 1.54) is 13.8 Å². The second kappa shape index (κ2) is 11.0. The molecular weight excluding hydrogens is 255 g/mol. The first-order chi connectivity index (χ1) is 7.25. The molecule has 0 aromatic heterocycles. The standard InChI is InChI=1S/C7H11ClO4.C3H7Cl/c1-5(9)11-3-7(8)4-12-6(2)10;1-3(2)4/h7H,3-4H2,1-2H3;3H,1-2H3. The number of ether oxygens (including phenoxy) is 2. The second-order valence-corrected chi connectivity index (χ2v) is 4.71. The van der Waals surface area contributed by atoms with Crippen molar-refractivity contribution in [3.8, 4) is 0 Å². The summed E-state index contributed by atoms with van der Waals surface area (Å²) in [4.78, 5) is 20.6. The van der Waals surface area contributed by atoms with Crippen molar-refractivity contribution in [1.29, 1.82) is 0 Å². The number of hydrogen-bond acceptors (Lipinski definition) is 4. The van der Waals surface area contributed by atoms with Crippen molar-refractivity contribution in [3.05, 3.63) is 0 Å². The van der Waals surface area contributed by atoms with Gasteiger partial charge < -0.3 is 9.47 Å². The first-order valence-electron chi connectivity index (χ1n) is 4.80. The summed E-state index contributed by atoms with van der Waals surface area (Å²) >= 11 is 10.9. The van der Waals surface area contributed by atoms with Crippen LogP contribution in [-0.2, 0) is 19.1 Å². The van der Waals surface area contributed by atoms with Crippen LogP contribution in [0, 0.1) is 0 Å². The molecule has 16 heavy (non-hydrogen) atoms. The molecule has 0 aromatic rings. The monoisotopic (exact) mass is 272 g/mol. The summed E-state index contributed by atoms with van der Waals surface area (Å²) in [6.45, 7) is 6.56. The third-order valence-electron chi connectivity index (χ3n) is 0.935. The SMILES string of the molecule is CC(=O)OCC(Cl)COC(C)=O.CC(C)Cl. The zero-order chi connectivity index (χ0) is 13.1. The third kappa shape index (κ3) is 23.4. The van der Waals surface area contributed by atoms with Gasteiger partial charge in [0.25, 0.3) is 0 Å². The summed E-state index contributed by atoms with van der Waals surface area (Å²) in [5.41, 5.74) is 0. The third-order valence-corrected chi connectivity index (χ3v) is 1.19. The summed E-state index contributed by atoms with van der Waals surface area (Å²) in [6, 6.07) is 0. The lowest BCUT2D eigenvalue weighted by atomic mass is 10.5. The predicted molar refractivity (Wildman–Crippen MR) is 63.9 cm³/mol. The minimum atomic E-state index is -0.474. The van der Waals surface area contributed by atoms with E-state index in [1.807, 2.05) is 13.8 Å². The van der Waals surface area contributed by atoms with Gasteiger partial charge in [-0.05, 0) is 13.8 Å². The van der Waals surface area contributed by atoms with Crippen molar-refractivity contribution < 1.29 is 19.1 Å². The number of rotatable bonds is 4. The molecule has 0 N–H and O–H groups in total. The maximum absolute atomic E-state index is 10.3. The van der Waals surface area contributed by atoms with Crippen LogP contribution in [0.5, 0.6) is 0 Å². The van der Waals surface area contributed by atoms with Gasteiger partial charge in [0.1, 0.15) is 18.6 Å². The molecule has 0 rings (SSSR count). The highest BCUT2D eigenvalue weighted by Gasteiger charge is 2.07. The number of halogens is 2. The van der Waals surface area contributed by atoms with Crippen LogP contribution in [0.2, 0.25) is 0 Å². The van der Waals surface area contributed by atoms with Gasteiger partial charge in [-0.15, -0.1) is 23.2 Å². The lowest BCUT2D eigenvalue weighted by Gasteiger charge is -2.08. The molecule has 0 saturated carbocycles. The van der Waals surface area contributed by atoms with Gasteiger partial charge in [0.2, 0.25) is 0 Å². The largest absolute Gasteiger partial charge is 0.464 e. The molecule has 0 aromatic carbocycles. The van der Waals surface area contributed by atoms with Crippen LogP contribution in [0.1, 0.15) is 27.7 Å². The molecular formula is C10H18Cl2O4. The van der Waals surface area contributed by atoms with E-state index in [4.69, 9.17) is 23.2 Å². The predicted octanol–water partition coefficient (Wildman–Crippen LogP) is 2.35. The van der Waals surface area contributed by atoms with Crippen LogP contribution in [0.3, 0.4) is 0 Å². The van der Waals surface area contributed by atoms with Gasteiger partial charge >= 0.3 is 11.9 Å². The highest BCUT2D eigenvalue weighted by molar-refractivity contribution is 6.21. The summed E-state index contributed by atoms with van der Waals surface area (Å²) in [5, 5.41) is -0.169. The molecule has 6 heteroatoms. The Morgan fingerprint density at radius 1 is 1.00 bits per heavy atom. The highest BCUT2D eigenvalue weighted by Crippen LogP contribution is 1.98. The van der Waals surface area contributed by atoms with Gasteiger partial charge in [-0.3, -0.25) is 9.59 Å². The lowest BCUT2D eigenvalue weighted by molar-refractivity contribution is -0.143. The molecule has 0 saturated heterocycles. The average molecular weight is 273 g/mol. The van der Waals surface area contributed by atoms with Crippen LogP contribution in [0.4, 0.5) is 0 Å². The molecule has 0 radical (unpaired) electrons. The van der Waals surface area contributed by atoms with Gasteiger partial charge in [-0.2, -0.15) is 0 Å². The summed E-state index contributed by atoms with van der Waals surface area (Å²) in [6.07, 6.45) is 0. The normalized spacial score (nSPS) is 9.50. The Labute approximate surface area is 106 Å². The summed E-state index contributed by atoms with van der Waals surface area (Å²) in [7, 11) is 0. The molecule has 0 bridgehead atoms. The lowest BCUT2D eigenvalue weighted by Crippen LogP contribution is -2.19. The highest BCUT2D eigenvalue weighted by atomic mass is 35.5. The number of alkyl halides is 2. The Kier molecular flexibility index (Phi) is 12.3. The maximum atomic E-state index is 10.3. The fraction of sp³-hybridized carbons (Fsp3) is 0.800. The molecule has 0 fully saturated rings. The zero-order valence-corrected chi connectivity index (χ0v) is 11.5. The number of carbonyl (C=O) groups is 2. The number of esters is 2. The van der Waals surface area contributed by atoms with E-state index in [2.05, 4.69) is 9.47 Å². The van der Waals surface area contributed by atoms with E-state index in [1.54, 1.807) is 0 Å². The molecule has 96 valence electrons. The molecule has 4 nitrogen and oxygen atoms in total. The van der Waals surface area contributed by atoms with Crippen molar-refractivity contribution in [3.63, 3.8) is 0 Å². The summed E-state index contributed by atoms with van der Waals surface area (Å²) in [5.74, 6) is -0.799. The summed E-state index contributed by atoms with van der Waals surface area (Å²) < 4.78 is 9.15. The molecule has 0 aliphatic rings.